The van der Waals surface area contributed by atoms with Crippen LogP contribution < -0.4 is 0 Å². The highest BCUT2D eigenvalue weighted by atomic mass is 19.1. The number of aromatic carboxylic acids is 1. The predicted octanol–water partition coefficient (Wildman–Crippen LogP) is 4.39. The molecule has 0 amide bonds. The second-order valence-corrected chi connectivity index (χ2v) is 6.12. The lowest BCUT2D eigenvalue weighted by Crippen LogP contribution is -2.05. The van der Waals surface area contributed by atoms with E-state index in [0.29, 0.717) is 17.3 Å². The van der Waals surface area contributed by atoms with Crippen molar-refractivity contribution in [2.45, 2.75) is 18.8 Å². The zero-order chi connectivity index (χ0) is 17.6. The maximum atomic E-state index is 13.7. The monoisotopic (exact) mass is 340 g/mol. The summed E-state index contributed by atoms with van der Waals surface area (Å²) in [5.74, 6) is -2.08. The summed E-state index contributed by atoms with van der Waals surface area (Å²) in [6, 6.07) is 11.8. The van der Waals surface area contributed by atoms with Gasteiger partial charge in [-0.1, -0.05) is 0 Å². The number of nitrogens with zero attached hydrogens (tertiary/aromatic N) is 2. The van der Waals surface area contributed by atoms with Crippen LogP contribution in [0.4, 0.5) is 8.78 Å². The molecule has 25 heavy (non-hydrogen) atoms. The van der Waals surface area contributed by atoms with Gasteiger partial charge in [-0.2, -0.15) is 5.10 Å². The Morgan fingerprint density at radius 2 is 1.80 bits per heavy atom. The Morgan fingerprint density at radius 1 is 1.08 bits per heavy atom. The highest BCUT2D eigenvalue weighted by Crippen LogP contribution is 2.41. The summed E-state index contributed by atoms with van der Waals surface area (Å²) in [6.07, 6.45) is 2.12. The largest absolute Gasteiger partial charge is 0.478 e. The van der Waals surface area contributed by atoms with E-state index >= 15 is 0 Å². The van der Waals surface area contributed by atoms with Gasteiger partial charge in [0.1, 0.15) is 11.6 Å². The van der Waals surface area contributed by atoms with Gasteiger partial charge in [0.2, 0.25) is 0 Å². The van der Waals surface area contributed by atoms with Crippen LogP contribution in [-0.2, 0) is 0 Å². The summed E-state index contributed by atoms with van der Waals surface area (Å²) in [5, 5.41) is 13.7. The smallest absolute Gasteiger partial charge is 0.338 e. The van der Waals surface area contributed by atoms with Crippen LogP contribution in [0.2, 0.25) is 0 Å². The van der Waals surface area contributed by atoms with E-state index in [1.54, 1.807) is 16.8 Å². The van der Waals surface area contributed by atoms with Crippen molar-refractivity contribution < 1.29 is 18.7 Å². The first kappa shape index (κ1) is 15.5. The molecule has 1 aromatic heterocycles. The highest BCUT2D eigenvalue weighted by molar-refractivity contribution is 5.88. The Balaban J connectivity index is 1.87. The fourth-order valence-corrected chi connectivity index (χ4v) is 2.81. The lowest BCUT2D eigenvalue weighted by molar-refractivity contribution is 0.0692. The average Bonchev–Trinajstić information content (AvgIpc) is 3.35. The maximum Gasteiger partial charge on any atom is 0.338 e. The summed E-state index contributed by atoms with van der Waals surface area (Å²) in [6.45, 7) is 0. The van der Waals surface area contributed by atoms with Crippen LogP contribution in [0.3, 0.4) is 0 Å². The molecule has 1 heterocycles. The molecule has 3 aromatic rings. The summed E-state index contributed by atoms with van der Waals surface area (Å²) in [5.41, 5.74) is 2.41. The van der Waals surface area contributed by atoms with E-state index in [0.717, 1.165) is 30.2 Å². The zero-order valence-corrected chi connectivity index (χ0v) is 13.1. The van der Waals surface area contributed by atoms with Crippen molar-refractivity contribution in [2.75, 3.05) is 0 Å². The SMILES string of the molecule is O=C(O)c1cc(-n2nc(C3CC3)cc2-c2ccc(F)cc2)ccc1F. The molecule has 6 heteroatoms. The Morgan fingerprint density at radius 3 is 2.44 bits per heavy atom. The topological polar surface area (TPSA) is 55.1 Å². The number of hydrogen-bond acceptors (Lipinski definition) is 2. The van der Waals surface area contributed by atoms with E-state index in [2.05, 4.69) is 5.10 Å². The van der Waals surface area contributed by atoms with E-state index < -0.39 is 17.3 Å². The van der Waals surface area contributed by atoms with Crippen molar-refractivity contribution in [3.63, 3.8) is 0 Å². The molecule has 0 spiro atoms. The molecular weight excluding hydrogens is 326 g/mol. The van der Waals surface area contributed by atoms with Crippen molar-refractivity contribution >= 4 is 5.97 Å². The average molecular weight is 340 g/mol. The Bertz CT molecular complexity index is 960. The molecule has 4 nitrogen and oxygen atoms in total. The molecule has 4 rings (SSSR count). The van der Waals surface area contributed by atoms with Crippen molar-refractivity contribution in [2.24, 2.45) is 0 Å². The van der Waals surface area contributed by atoms with Crippen molar-refractivity contribution in [3.8, 4) is 16.9 Å². The molecule has 0 atom stereocenters. The second kappa shape index (κ2) is 5.81. The van der Waals surface area contributed by atoms with Gasteiger partial charge >= 0.3 is 5.97 Å². The predicted molar refractivity (Wildman–Crippen MR) is 87.9 cm³/mol. The standard InChI is InChI=1S/C19H14F2N2O2/c20-13-5-3-12(4-6-13)18-10-17(11-1-2-11)22-23(18)14-7-8-16(21)15(9-14)19(24)25/h3-11H,1-2H2,(H,24,25). The third-order valence-electron chi connectivity index (χ3n) is 4.29. The molecule has 0 saturated heterocycles. The maximum absolute atomic E-state index is 13.7. The number of halogens is 2. The number of rotatable bonds is 4. The number of aromatic nitrogens is 2. The third-order valence-corrected chi connectivity index (χ3v) is 4.29. The van der Waals surface area contributed by atoms with E-state index in [4.69, 9.17) is 5.11 Å². The van der Waals surface area contributed by atoms with E-state index in [-0.39, 0.29) is 5.82 Å². The van der Waals surface area contributed by atoms with Gasteiger partial charge in [0.25, 0.3) is 0 Å². The molecule has 1 saturated carbocycles. The number of benzene rings is 2. The first-order valence-corrected chi connectivity index (χ1v) is 7.92. The Labute approximate surface area is 142 Å². The van der Waals surface area contributed by atoms with Crippen molar-refractivity contribution in [1.29, 1.82) is 0 Å². The van der Waals surface area contributed by atoms with E-state index in [9.17, 15) is 13.6 Å². The molecule has 126 valence electrons. The van der Waals surface area contributed by atoms with Crippen LogP contribution in [0.1, 0.15) is 34.8 Å². The first-order chi connectivity index (χ1) is 12.0. The van der Waals surface area contributed by atoms with Crippen LogP contribution in [0.25, 0.3) is 16.9 Å². The molecule has 0 radical (unpaired) electrons. The molecular formula is C19H14F2N2O2. The lowest BCUT2D eigenvalue weighted by Gasteiger charge is -2.09. The van der Waals surface area contributed by atoms with Gasteiger partial charge in [0.15, 0.2) is 0 Å². The van der Waals surface area contributed by atoms with Crippen LogP contribution in [0.15, 0.2) is 48.5 Å². The molecule has 1 aliphatic rings. The van der Waals surface area contributed by atoms with Gasteiger partial charge in [-0.3, -0.25) is 0 Å². The van der Waals surface area contributed by atoms with Crippen molar-refractivity contribution in [1.82, 2.24) is 9.78 Å². The summed E-state index contributed by atoms with van der Waals surface area (Å²) < 4.78 is 28.5. The van der Waals surface area contributed by atoms with Crippen LogP contribution in [-0.4, -0.2) is 20.9 Å². The Hall–Kier alpha value is -3.02. The van der Waals surface area contributed by atoms with Gasteiger partial charge in [-0.05, 0) is 61.4 Å². The van der Waals surface area contributed by atoms with Crippen LogP contribution >= 0.6 is 0 Å². The first-order valence-electron chi connectivity index (χ1n) is 7.92. The van der Waals surface area contributed by atoms with E-state index in [1.807, 2.05) is 6.07 Å². The van der Waals surface area contributed by atoms with Crippen LogP contribution in [0, 0.1) is 11.6 Å². The fourth-order valence-electron chi connectivity index (χ4n) is 2.81. The zero-order valence-electron chi connectivity index (χ0n) is 13.1. The number of carbonyl (C=O) groups is 1. The normalized spacial score (nSPS) is 13.8. The third kappa shape index (κ3) is 2.91. The summed E-state index contributed by atoms with van der Waals surface area (Å²) in [4.78, 5) is 11.2. The molecule has 1 N–H and O–H groups in total. The molecule has 0 unspecified atom stereocenters. The lowest BCUT2D eigenvalue weighted by atomic mass is 10.1. The highest BCUT2D eigenvalue weighted by Gasteiger charge is 2.28. The van der Waals surface area contributed by atoms with Gasteiger partial charge in [0.05, 0.1) is 22.6 Å². The molecule has 1 fully saturated rings. The Kier molecular flexibility index (Phi) is 3.60. The quantitative estimate of drug-likeness (QED) is 0.766. The summed E-state index contributed by atoms with van der Waals surface area (Å²) >= 11 is 0. The van der Waals surface area contributed by atoms with Crippen LogP contribution in [0.5, 0.6) is 0 Å². The van der Waals surface area contributed by atoms with Gasteiger partial charge in [0, 0.05) is 11.5 Å². The molecule has 1 aliphatic carbocycles. The van der Waals surface area contributed by atoms with Crippen molar-refractivity contribution in [3.05, 3.63) is 71.4 Å². The molecule has 2 aromatic carbocycles. The summed E-state index contributed by atoms with van der Waals surface area (Å²) in [7, 11) is 0. The van der Waals surface area contributed by atoms with E-state index in [1.165, 1.54) is 24.3 Å². The van der Waals surface area contributed by atoms with Gasteiger partial charge in [-0.15, -0.1) is 0 Å². The van der Waals surface area contributed by atoms with Gasteiger partial charge in [-0.25, -0.2) is 18.3 Å². The molecule has 0 bridgehead atoms. The second-order valence-electron chi connectivity index (χ2n) is 6.12. The molecule has 0 aliphatic heterocycles. The fraction of sp³-hybridized carbons (Fsp3) is 0.158. The minimum atomic E-state index is -1.34. The number of hydrogen-bond donors (Lipinski definition) is 1. The minimum absolute atomic E-state index is 0.341. The number of carboxylic acid groups (broad SMARTS) is 1. The minimum Gasteiger partial charge on any atom is -0.478 e. The van der Waals surface area contributed by atoms with Gasteiger partial charge < -0.3 is 5.11 Å². The number of carboxylic acids is 1.